The van der Waals surface area contributed by atoms with E-state index in [-0.39, 0.29) is 26.4 Å². The fraction of sp³-hybridized carbons (Fsp3) is 0.533. The summed E-state index contributed by atoms with van der Waals surface area (Å²) in [7, 11) is 0. The summed E-state index contributed by atoms with van der Waals surface area (Å²) in [5, 5.41) is 12.1. The van der Waals surface area contributed by atoms with Crippen LogP contribution in [-0.4, -0.2) is 42.3 Å². The predicted molar refractivity (Wildman–Crippen MR) is 75.6 cm³/mol. The van der Waals surface area contributed by atoms with Gasteiger partial charge in [0.1, 0.15) is 12.1 Å². The van der Waals surface area contributed by atoms with Gasteiger partial charge in [0.2, 0.25) is 0 Å². The van der Waals surface area contributed by atoms with E-state index in [1.54, 1.807) is 13.8 Å². The maximum Gasteiger partial charge on any atom is 0.408 e. The first-order valence-electron chi connectivity index (χ1n) is 6.82. The molecule has 21 heavy (non-hydrogen) atoms. The van der Waals surface area contributed by atoms with Crippen LogP contribution in [0.5, 0.6) is 0 Å². The largest absolute Gasteiger partial charge is 0.445 e. The normalized spacial score (nSPS) is 19.8. The quantitative estimate of drug-likeness (QED) is 0.878. The van der Waals surface area contributed by atoms with Gasteiger partial charge in [-0.15, -0.1) is 0 Å². The SMILES string of the molecule is CC1(C)OCC(CO)(NC(=O)OCc2ccccc2)CO1. The standard InChI is InChI=1S/C15H21NO5/c1-14(2)20-10-15(9-17,11-21-14)16-13(18)19-8-12-6-4-3-5-7-12/h3-7,17H,8-11H2,1-2H3,(H,16,18). The first-order valence-corrected chi connectivity index (χ1v) is 6.82. The van der Waals surface area contributed by atoms with Gasteiger partial charge in [-0.25, -0.2) is 4.79 Å². The molecule has 1 saturated heterocycles. The van der Waals surface area contributed by atoms with Crippen LogP contribution in [0.15, 0.2) is 30.3 Å². The second-order valence-corrected chi connectivity index (χ2v) is 5.60. The summed E-state index contributed by atoms with van der Waals surface area (Å²) in [6, 6.07) is 9.37. The highest BCUT2D eigenvalue weighted by atomic mass is 16.7. The van der Waals surface area contributed by atoms with Crippen molar-refractivity contribution in [2.75, 3.05) is 19.8 Å². The molecule has 1 heterocycles. The molecule has 0 radical (unpaired) electrons. The van der Waals surface area contributed by atoms with Crippen molar-refractivity contribution >= 4 is 6.09 Å². The minimum atomic E-state index is -0.969. The van der Waals surface area contributed by atoms with Crippen LogP contribution in [0.3, 0.4) is 0 Å². The van der Waals surface area contributed by atoms with E-state index in [2.05, 4.69) is 5.32 Å². The number of hydrogen-bond donors (Lipinski definition) is 2. The van der Waals surface area contributed by atoms with E-state index in [1.807, 2.05) is 30.3 Å². The summed E-state index contributed by atoms with van der Waals surface area (Å²) < 4.78 is 16.1. The number of rotatable bonds is 4. The summed E-state index contributed by atoms with van der Waals surface area (Å²) in [6.45, 7) is 3.77. The van der Waals surface area contributed by atoms with Crippen LogP contribution in [0.4, 0.5) is 4.79 Å². The highest BCUT2D eigenvalue weighted by Crippen LogP contribution is 2.23. The van der Waals surface area contributed by atoms with Crippen molar-refractivity contribution in [1.29, 1.82) is 0 Å². The molecule has 1 aliphatic rings. The van der Waals surface area contributed by atoms with Crippen LogP contribution >= 0.6 is 0 Å². The molecule has 1 amide bonds. The number of hydrogen-bond acceptors (Lipinski definition) is 5. The molecule has 1 aromatic carbocycles. The number of benzene rings is 1. The number of carbonyl (C=O) groups is 1. The van der Waals surface area contributed by atoms with Gasteiger partial charge in [0.15, 0.2) is 5.79 Å². The van der Waals surface area contributed by atoms with Crippen molar-refractivity contribution in [2.45, 2.75) is 31.8 Å². The fourth-order valence-electron chi connectivity index (χ4n) is 1.89. The third-order valence-corrected chi connectivity index (χ3v) is 3.27. The van der Waals surface area contributed by atoms with Gasteiger partial charge >= 0.3 is 6.09 Å². The molecular formula is C15H21NO5. The molecule has 0 saturated carbocycles. The van der Waals surface area contributed by atoms with Crippen molar-refractivity contribution in [2.24, 2.45) is 0 Å². The summed E-state index contributed by atoms with van der Waals surface area (Å²) in [5.41, 5.74) is -0.0773. The van der Waals surface area contributed by atoms with Crippen molar-refractivity contribution in [3.05, 3.63) is 35.9 Å². The van der Waals surface area contributed by atoms with E-state index in [0.29, 0.717) is 0 Å². The fourth-order valence-corrected chi connectivity index (χ4v) is 1.89. The Morgan fingerprint density at radius 3 is 2.48 bits per heavy atom. The Labute approximate surface area is 124 Å². The Balaban J connectivity index is 1.86. The summed E-state index contributed by atoms with van der Waals surface area (Å²) in [4.78, 5) is 11.9. The number of carbonyl (C=O) groups excluding carboxylic acids is 1. The van der Waals surface area contributed by atoms with Gasteiger partial charge in [-0.1, -0.05) is 30.3 Å². The van der Waals surface area contributed by atoms with E-state index < -0.39 is 17.4 Å². The van der Waals surface area contributed by atoms with Crippen molar-refractivity contribution in [3.63, 3.8) is 0 Å². The molecule has 1 aliphatic heterocycles. The number of aliphatic hydroxyl groups excluding tert-OH is 1. The van der Waals surface area contributed by atoms with E-state index in [0.717, 1.165) is 5.56 Å². The van der Waals surface area contributed by atoms with Gasteiger partial charge < -0.3 is 24.6 Å². The lowest BCUT2D eigenvalue weighted by Crippen LogP contribution is -2.63. The average molecular weight is 295 g/mol. The third-order valence-electron chi connectivity index (χ3n) is 3.27. The van der Waals surface area contributed by atoms with Crippen LogP contribution in [0.1, 0.15) is 19.4 Å². The Bertz CT molecular complexity index is 464. The second-order valence-electron chi connectivity index (χ2n) is 5.60. The number of ether oxygens (including phenoxy) is 3. The van der Waals surface area contributed by atoms with E-state index >= 15 is 0 Å². The van der Waals surface area contributed by atoms with E-state index in [9.17, 15) is 9.90 Å². The molecule has 0 bridgehead atoms. The molecular weight excluding hydrogens is 274 g/mol. The van der Waals surface area contributed by atoms with Crippen LogP contribution in [-0.2, 0) is 20.8 Å². The molecule has 0 aromatic heterocycles. The van der Waals surface area contributed by atoms with Gasteiger partial charge in [0, 0.05) is 0 Å². The van der Waals surface area contributed by atoms with Crippen molar-refractivity contribution < 1.29 is 24.1 Å². The van der Waals surface area contributed by atoms with Crippen LogP contribution < -0.4 is 5.32 Å². The first kappa shape index (κ1) is 15.8. The van der Waals surface area contributed by atoms with Gasteiger partial charge in [-0.05, 0) is 19.4 Å². The van der Waals surface area contributed by atoms with Gasteiger partial charge in [0.05, 0.1) is 19.8 Å². The van der Waals surface area contributed by atoms with Crippen molar-refractivity contribution in [3.8, 4) is 0 Å². The molecule has 6 nitrogen and oxygen atoms in total. The molecule has 2 rings (SSSR count). The van der Waals surface area contributed by atoms with Crippen LogP contribution in [0, 0.1) is 0 Å². The Morgan fingerprint density at radius 2 is 1.90 bits per heavy atom. The lowest BCUT2D eigenvalue weighted by Gasteiger charge is -2.42. The predicted octanol–water partition coefficient (Wildman–Crippen LogP) is 1.43. The van der Waals surface area contributed by atoms with Crippen LogP contribution in [0.25, 0.3) is 0 Å². The number of nitrogens with one attached hydrogen (secondary N) is 1. The van der Waals surface area contributed by atoms with Gasteiger partial charge in [-0.2, -0.15) is 0 Å². The summed E-state index contributed by atoms with van der Waals surface area (Å²) in [6.07, 6.45) is -0.611. The maximum atomic E-state index is 11.9. The van der Waals surface area contributed by atoms with Gasteiger partial charge in [-0.3, -0.25) is 0 Å². The molecule has 1 aromatic rings. The van der Waals surface area contributed by atoms with Crippen molar-refractivity contribution in [1.82, 2.24) is 5.32 Å². The van der Waals surface area contributed by atoms with Crippen LogP contribution in [0.2, 0.25) is 0 Å². The van der Waals surface area contributed by atoms with Gasteiger partial charge in [0.25, 0.3) is 0 Å². The zero-order valence-electron chi connectivity index (χ0n) is 12.3. The highest BCUT2D eigenvalue weighted by molar-refractivity contribution is 5.68. The molecule has 0 spiro atoms. The van der Waals surface area contributed by atoms with E-state index in [1.165, 1.54) is 0 Å². The molecule has 1 fully saturated rings. The maximum absolute atomic E-state index is 11.9. The Kier molecular flexibility index (Phi) is 4.82. The first-order chi connectivity index (χ1) is 9.95. The third kappa shape index (κ3) is 4.42. The lowest BCUT2D eigenvalue weighted by molar-refractivity contribution is -0.274. The molecule has 0 unspecified atom stereocenters. The number of amides is 1. The number of aliphatic hydroxyl groups is 1. The zero-order valence-corrected chi connectivity index (χ0v) is 12.3. The molecule has 0 atom stereocenters. The minimum Gasteiger partial charge on any atom is -0.445 e. The Morgan fingerprint density at radius 1 is 1.29 bits per heavy atom. The monoisotopic (exact) mass is 295 g/mol. The average Bonchev–Trinajstić information content (AvgIpc) is 2.49. The molecule has 0 aliphatic carbocycles. The minimum absolute atomic E-state index is 0.164. The summed E-state index contributed by atoms with van der Waals surface area (Å²) >= 11 is 0. The number of alkyl carbamates (subject to hydrolysis) is 1. The Hall–Kier alpha value is -1.63. The summed E-state index contributed by atoms with van der Waals surface area (Å²) in [5.74, 6) is -0.714. The lowest BCUT2D eigenvalue weighted by atomic mass is 10.0. The topological polar surface area (TPSA) is 77.0 Å². The zero-order chi connectivity index (χ0) is 15.3. The smallest absolute Gasteiger partial charge is 0.408 e. The second kappa shape index (κ2) is 6.43. The molecule has 6 heteroatoms. The van der Waals surface area contributed by atoms with E-state index in [4.69, 9.17) is 14.2 Å². The molecule has 116 valence electrons. The molecule has 2 N–H and O–H groups in total. The highest BCUT2D eigenvalue weighted by Gasteiger charge is 2.41.